The minimum absolute atomic E-state index is 0.120. The number of nitriles is 1. The molecule has 0 saturated heterocycles. The highest BCUT2D eigenvalue weighted by atomic mass is 79.9. The standard InChI is InChI=1S/C18H24BrN3O/c1-13(2)10-22(11-14(3)4)12-15(9-20)18(23)21-17-7-5-16(19)6-8-17/h5-8,12-14H,10-11H2,1-4H3,(H,21,23)/b15-12-. The monoisotopic (exact) mass is 377 g/mol. The van der Waals surface area contributed by atoms with Crippen molar-refractivity contribution in [3.8, 4) is 6.07 Å². The van der Waals surface area contributed by atoms with E-state index >= 15 is 0 Å². The summed E-state index contributed by atoms with van der Waals surface area (Å²) < 4.78 is 0.937. The number of nitrogens with one attached hydrogen (secondary N) is 1. The lowest BCUT2D eigenvalue weighted by molar-refractivity contribution is -0.112. The lowest BCUT2D eigenvalue weighted by atomic mass is 10.1. The van der Waals surface area contributed by atoms with Crippen LogP contribution in [0, 0.1) is 23.2 Å². The summed E-state index contributed by atoms with van der Waals surface area (Å²) in [7, 11) is 0. The normalized spacial score (nSPS) is 11.5. The van der Waals surface area contributed by atoms with Crippen molar-refractivity contribution >= 4 is 27.5 Å². The van der Waals surface area contributed by atoms with Gasteiger partial charge in [-0.1, -0.05) is 43.6 Å². The molecule has 1 N–H and O–H groups in total. The lowest BCUT2D eigenvalue weighted by Crippen LogP contribution is -2.28. The maximum atomic E-state index is 12.3. The molecule has 124 valence electrons. The molecule has 1 aromatic rings. The molecule has 5 heteroatoms. The molecule has 0 radical (unpaired) electrons. The van der Waals surface area contributed by atoms with Crippen molar-refractivity contribution in [1.82, 2.24) is 4.90 Å². The molecule has 1 aromatic carbocycles. The molecule has 0 aliphatic carbocycles. The van der Waals surface area contributed by atoms with Crippen LogP contribution < -0.4 is 5.32 Å². The Morgan fingerprint density at radius 3 is 2.17 bits per heavy atom. The third kappa shape index (κ3) is 7.34. The maximum absolute atomic E-state index is 12.3. The highest BCUT2D eigenvalue weighted by Crippen LogP contribution is 2.15. The number of amides is 1. The predicted octanol–water partition coefficient (Wildman–Crippen LogP) is 4.41. The summed E-state index contributed by atoms with van der Waals surface area (Å²) >= 11 is 3.35. The predicted molar refractivity (Wildman–Crippen MR) is 97.7 cm³/mol. The Morgan fingerprint density at radius 2 is 1.74 bits per heavy atom. The third-order valence-corrected chi connectivity index (χ3v) is 3.51. The Morgan fingerprint density at radius 1 is 1.22 bits per heavy atom. The van der Waals surface area contributed by atoms with E-state index in [-0.39, 0.29) is 11.5 Å². The second-order valence-electron chi connectivity index (χ2n) is 6.36. The molecule has 4 nitrogen and oxygen atoms in total. The molecule has 0 unspecified atom stereocenters. The number of hydrogen-bond acceptors (Lipinski definition) is 3. The van der Waals surface area contributed by atoms with Gasteiger partial charge in [-0.3, -0.25) is 4.79 Å². The van der Waals surface area contributed by atoms with E-state index in [0.717, 1.165) is 17.6 Å². The molecule has 1 amide bonds. The minimum atomic E-state index is -0.382. The van der Waals surface area contributed by atoms with E-state index in [1.165, 1.54) is 0 Å². The summed E-state index contributed by atoms with van der Waals surface area (Å²) in [4.78, 5) is 14.3. The van der Waals surface area contributed by atoms with Crippen molar-refractivity contribution in [3.63, 3.8) is 0 Å². The summed E-state index contributed by atoms with van der Waals surface area (Å²) in [6, 6.07) is 9.27. The Hall–Kier alpha value is -1.80. The van der Waals surface area contributed by atoms with Crippen LogP contribution in [-0.2, 0) is 4.79 Å². The van der Waals surface area contributed by atoms with Crippen molar-refractivity contribution < 1.29 is 4.79 Å². The molecular weight excluding hydrogens is 354 g/mol. The number of carbonyl (C=O) groups excluding carboxylic acids is 1. The largest absolute Gasteiger partial charge is 0.376 e. The number of hydrogen-bond donors (Lipinski definition) is 1. The van der Waals surface area contributed by atoms with Gasteiger partial charge in [0.25, 0.3) is 5.91 Å². The van der Waals surface area contributed by atoms with E-state index < -0.39 is 0 Å². The lowest BCUT2D eigenvalue weighted by Gasteiger charge is -2.25. The van der Waals surface area contributed by atoms with Gasteiger partial charge in [-0.05, 0) is 36.1 Å². The molecule has 0 saturated carbocycles. The van der Waals surface area contributed by atoms with Crippen molar-refractivity contribution in [2.75, 3.05) is 18.4 Å². The zero-order valence-electron chi connectivity index (χ0n) is 14.1. The zero-order valence-corrected chi connectivity index (χ0v) is 15.7. The van der Waals surface area contributed by atoms with Crippen LogP contribution in [0.5, 0.6) is 0 Å². The fourth-order valence-electron chi connectivity index (χ4n) is 2.17. The van der Waals surface area contributed by atoms with Gasteiger partial charge in [-0.2, -0.15) is 5.26 Å². The molecule has 0 aromatic heterocycles. The first-order valence-electron chi connectivity index (χ1n) is 7.74. The first-order valence-corrected chi connectivity index (χ1v) is 8.54. The van der Waals surface area contributed by atoms with Gasteiger partial charge in [0.05, 0.1) is 0 Å². The second-order valence-corrected chi connectivity index (χ2v) is 7.27. The van der Waals surface area contributed by atoms with E-state index in [0.29, 0.717) is 17.5 Å². The average molecular weight is 378 g/mol. The van der Waals surface area contributed by atoms with Gasteiger partial charge in [0.15, 0.2) is 0 Å². The number of carbonyl (C=O) groups is 1. The first-order chi connectivity index (χ1) is 10.8. The highest BCUT2D eigenvalue weighted by molar-refractivity contribution is 9.10. The van der Waals surface area contributed by atoms with Crippen molar-refractivity contribution in [2.45, 2.75) is 27.7 Å². The van der Waals surface area contributed by atoms with E-state index in [4.69, 9.17) is 0 Å². The second kappa shape index (κ2) is 9.36. The third-order valence-electron chi connectivity index (χ3n) is 2.98. The molecule has 0 heterocycles. The van der Waals surface area contributed by atoms with Gasteiger partial charge >= 0.3 is 0 Å². The quantitative estimate of drug-likeness (QED) is 0.565. The highest BCUT2D eigenvalue weighted by Gasteiger charge is 2.13. The van der Waals surface area contributed by atoms with E-state index in [9.17, 15) is 10.1 Å². The average Bonchev–Trinajstić information content (AvgIpc) is 2.45. The van der Waals surface area contributed by atoms with Crippen LogP contribution >= 0.6 is 15.9 Å². The number of anilines is 1. The molecule has 23 heavy (non-hydrogen) atoms. The Balaban J connectivity index is 2.87. The van der Waals surface area contributed by atoms with Crippen LogP contribution in [0.1, 0.15) is 27.7 Å². The van der Waals surface area contributed by atoms with Gasteiger partial charge < -0.3 is 10.2 Å². The smallest absolute Gasteiger partial charge is 0.267 e. The minimum Gasteiger partial charge on any atom is -0.376 e. The molecule has 0 bridgehead atoms. The van der Waals surface area contributed by atoms with Gasteiger partial charge in [-0.15, -0.1) is 0 Å². The van der Waals surface area contributed by atoms with E-state index in [1.807, 2.05) is 18.2 Å². The molecule has 0 atom stereocenters. The number of benzene rings is 1. The SMILES string of the molecule is CC(C)CN(/C=C(/C#N)C(=O)Nc1ccc(Br)cc1)CC(C)C. The van der Waals surface area contributed by atoms with Crippen molar-refractivity contribution in [2.24, 2.45) is 11.8 Å². The van der Waals surface area contributed by atoms with Gasteiger partial charge in [0, 0.05) is 29.4 Å². The molecule has 0 aliphatic heterocycles. The number of rotatable bonds is 7. The fraction of sp³-hybridized carbons (Fsp3) is 0.444. The summed E-state index contributed by atoms with van der Waals surface area (Å²) in [5, 5.41) is 12.1. The summed E-state index contributed by atoms with van der Waals surface area (Å²) in [6.45, 7) is 10.1. The van der Waals surface area contributed by atoms with Crippen LogP contribution in [0.3, 0.4) is 0 Å². The summed E-state index contributed by atoms with van der Waals surface area (Å²) in [5.41, 5.74) is 0.785. The molecule has 0 fully saturated rings. The molecule has 0 aliphatic rings. The van der Waals surface area contributed by atoms with Gasteiger partial charge in [0.2, 0.25) is 0 Å². The van der Waals surface area contributed by atoms with Crippen LogP contribution in [0.15, 0.2) is 40.5 Å². The van der Waals surface area contributed by atoms with E-state index in [1.54, 1.807) is 18.3 Å². The zero-order chi connectivity index (χ0) is 17.4. The molecular formula is C18H24BrN3O. The van der Waals surface area contributed by atoms with Crippen LogP contribution in [0.25, 0.3) is 0 Å². The summed E-state index contributed by atoms with van der Waals surface area (Å²) in [5.74, 6) is 0.534. The van der Waals surface area contributed by atoms with E-state index in [2.05, 4.69) is 53.8 Å². The maximum Gasteiger partial charge on any atom is 0.267 e. The number of halogens is 1. The van der Waals surface area contributed by atoms with Crippen LogP contribution in [0.2, 0.25) is 0 Å². The van der Waals surface area contributed by atoms with Crippen LogP contribution in [0.4, 0.5) is 5.69 Å². The Kier molecular flexibility index (Phi) is 7.84. The fourth-order valence-corrected chi connectivity index (χ4v) is 2.43. The number of nitrogens with zero attached hydrogens (tertiary/aromatic N) is 2. The topological polar surface area (TPSA) is 56.1 Å². The van der Waals surface area contributed by atoms with Gasteiger partial charge in [0.1, 0.15) is 11.6 Å². The molecule has 1 rings (SSSR count). The van der Waals surface area contributed by atoms with Gasteiger partial charge in [-0.25, -0.2) is 0 Å². The first kappa shape index (κ1) is 19.2. The molecule has 0 spiro atoms. The Bertz CT molecular complexity index is 575. The van der Waals surface area contributed by atoms with Crippen molar-refractivity contribution in [3.05, 3.63) is 40.5 Å². The summed E-state index contributed by atoms with van der Waals surface area (Å²) in [6.07, 6.45) is 1.67. The van der Waals surface area contributed by atoms with Crippen molar-refractivity contribution in [1.29, 1.82) is 5.26 Å². The Labute approximate surface area is 147 Å². The van der Waals surface area contributed by atoms with Crippen LogP contribution in [-0.4, -0.2) is 23.9 Å².